The maximum absolute atomic E-state index is 13.0. The van der Waals surface area contributed by atoms with Gasteiger partial charge in [-0.2, -0.15) is 18.4 Å². The Labute approximate surface area is 241 Å². The molecule has 0 atom stereocenters. The van der Waals surface area contributed by atoms with E-state index >= 15 is 0 Å². The fourth-order valence-corrected chi connectivity index (χ4v) is 4.45. The largest absolute Gasteiger partial charge is 0.493 e. The van der Waals surface area contributed by atoms with Gasteiger partial charge >= 0.3 is 10.2 Å². The fourth-order valence-electron chi connectivity index (χ4n) is 3.42. The van der Waals surface area contributed by atoms with E-state index < -0.39 is 10.2 Å². The minimum atomic E-state index is -4.13. The zero-order valence-electron chi connectivity index (χ0n) is 22.2. The standard InChI is InChI=1S/C24H20ClN9O4S.C2H6/c1-37-18-9-5-6-10-19(18)38-20-21(25)28-22(16-11-12-26-17(13-16)23-30-33-34-31-23)29-24(20)32-39(35,36)27-14-15-7-3-2-4-8-15;1-2/h2-13,27H,14H2,1H3,(H,28,29,32)(H,30,31,33,34);1-2H3. The van der Waals surface area contributed by atoms with Crippen molar-refractivity contribution in [1.82, 2.24) is 40.3 Å². The molecule has 3 heterocycles. The second kappa shape index (κ2) is 13.6. The molecule has 5 aromatic rings. The molecule has 0 saturated heterocycles. The molecule has 3 aromatic heterocycles. The van der Waals surface area contributed by atoms with Crippen molar-refractivity contribution in [3.63, 3.8) is 0 Å². The summed E-state index contributed by atoms with van der Waals surface area (Å²) in [5.41, 5.74) is 1.62. The van der Waals surface area contributed by atoms with Crippen LogP contribution in [0.2, 0.25) is 5.15 Å². The number of halogens is 1. The van der Waals surface area contributed by atoms with Gasteiger partial charge in [0.05, 0.1) is 7.11 Å². The number of anilines is 1. The number of nitrogens with one attached hydrogen (secondary N) is 3. The van der Waals surface area contributed by atoms with Crippen molar-refractivity contribution in [2.45, 2.75) is 20.4 Å². The Bertz CT molecular complexity index is 1690. The Balaban J connectivity index is 0.00000189. The number of nitrogens with zero attached hydrogens (tertiary/aromatic N) is 6. The van der Waals surface area contributed by atoms with E-state index in [1.165, 1.54) is 13.3 Å². The first-order chi connectivity index (χ1) is 19.9. The zero-order valence-corrected chi connectivity index (χ0v) is 23.8. The van der Waals surface area contributed by atoms with Crippen LogP contribution in [0, 0.1) is 0 Å². The summed E-state index contributed by atoms with van der Waals surface area (Å²) < 4.78 is 42.3. The lowest BCUT2D eigenvalue weighted by Crippen LogP contribution is -2.30. The van der Waals surface area contributed by atoms with E-state index in [9.17, 15) is 8.42 Å². The predicted molar refractivity (Wildman–Crippen MR) is 154 cm³/mol. The highest BCUT2D eigenvalue weighted by Gasteiger charge is 2.23. The molecule has 0 unspecified atom stereocenters. The van der Waals surface area contributed by atoms with Gasteiger partial charge in [0.15, 0.2) is 28.3 Å². The van der Waals surface area contributed by atoms with Gasteiger partial charge in [0.25, 0.3) is 0 Å². The minimum Gasteiger partial charge on any atom is -0.493 e. The number of methoxy groups -OCH3 is 1. The Kier molecular flexibility index (Phi) is 9.73. The zero-order chi connectivity index (χ0) is 29.2. The number of aromatic nitrogens is 7. The van der Waals surface area contributed by atoms with Gasteiger partial charge in [-0.15, -0.1) is 10.2 Å². The maximum atomic E-state index is 13.0. The quantitative estimate of drug-likeness (QED) is 0.193. The Morgan fingerprint density at radius 3 is 2.39 bits per heavy atom. The topological polar surface area (TPSA) is 170 Å². The first-order valence-electron chi connectivity index (χ1n) is 12.3. The number of H-pyrrole nitrogens is 1. The van der Waals surface area contributed by atoms with E-state index in [2.05, 4.69) is 45.0 Å². The lowest BCUT2D eigenvalue weighted by Gasteiger charge is -2.16. The molecule has 5 rings (SSSR count). The van der Waals surface area contributed by atoms with Crippen LogP contribution in [0.5, 0.6) is 17.2 Å². The van der Waals surface area contributed by atoms with Gasteiger partial charge in [-0.1, -0.05) is 67.9 Å². The second-order valence-electron chi connectivity index (χ2n) is 7.85. The van der Waals surface area contributed by atoms with E-state index in [1.54, 1.807) is 48.5 Å². The summed E-state index contributed by atoms with van der Waals surface area (Å²) in [6, 6.07) is 19.1. The van der Waals surface area contributed by atoms with Crippen LogP contribution in [-0.4, -0.2) is 51.1 Å². The molecule has 13 nitrogen and oxygen atoms in total. The van der Waals surface area contributed by atoms with Gasteiger partial charge < -0.3 is 9.47 Å². The number of pyridine rings is 1. The lowest BCUT2D eigenvalue weighted by molar-refractivity contribution is 0.378. The van der Waals surface area contributed by atoms with Crippen molar-refractivity contribution in [2.75, 3.05) is 11.8 Å². The first-order valence-corrected chi connectivity index (χ1v) is 14.2. The van der Waals surface area contributed by atoms with Gasteiger partial charge in [0, 0.05) is 18.3 Å². The summed E-state index contributed by atoms with van der Waals surface area (Å²) in [5.74, 6) is 0.703. The third-order valence-corrected chi connectivity index (χ3v) is 6.48. The highest BCUT2D eigenvalue weighted by Crippen LogP contribution is 2.39. The van der Waals surface area contributed by atoms with Gasteiger partial charge in [-0.25, -0.2) is 9.97 Å². The summed E-state index contributed by atoms with van der Waals surface area (Å²) in [5, 5.41) is 13.6. The number of hydrogen-bond donors (Lipinski definition) is 3. The number of hydrogen-bond acceptors (Lipinski definition) is 10. The predicted octanol–water partition coefficient (Wildman–Crippen LogP) is 4.65. The molecule has 0 radical (unpaired) electrons. The van der Waals surface area contributed by atoms with Crippen LogP contribution < -0.4 is 18.9 Å². The van der Waals surface area contributed by atoms with Crippen molar-refractivity contribution in [2.24, 2.45) is 0 Å². The number of benzene rings is 2. The highest BCUT2D eigenvalue weighted by atomic mass is 35.5. The molecule has 0 amide bonds. The lowest BCUT2D eigenvalue weighted by atomic mass is 10.2. The minimum absolute atomic E-state index is 0.0446. The van der Waals surface area contributed by atoms with Crippen LogP contribution in [0.1, 0.15) is 19.4 Å². The molecule has 0 aliphatic carbocycles. The van der Waals surface area contributed by atoms with Crippen molar-refractivity contribution in [3.05, 3.63) is 83.6 Å². The number of aromatic amines is 1. The van der Waals surface area contributed by atoms with E-state index in [0.717, 1.165) is 5.56 Å². The molecule has 0 spiro atoms. The highest BCUT2D eigenvalue weighted by molar-refractivity contribution is 7.90. The Morgan fingerprint density at radius 1 is 0.951 bits per heavy atom. The molecule has 41 heavy (non-hydrogen) atoms. The average Bonchev–Trinajstić information content (AvgIpc) is 3.55. The van der Waals surface area contributed by atoms with E-state index in [1.807, 2.05) is 32.0 Å². The van der Waals surface area contributed by atoms with Crippen molar-refractivity contribution < 1.29 is 17.9 Å². The molecule has 0 saturated carbocycles. The van der Waals surface area contributed by atoms with Gasteiger partial charge in [-0.05, 0) is 35.0 Å². The van der Waals surface area contributed by atoms with Gasteiger partial charge in [-0.3, -0.25) is 9.71 Å². The number of para-hydroxylation sites is 2. The van der Waals surface area contributed by atoms with E-state index in [-0.39, 0.29) is 40.7 Å². The molecular formula is C26H26ClN9O4S. The van der Waals surface area contributed by atoms with Gasteiger partial charge in [0.2, 0.25) is 11.6 Å². The first kappa shape index (κ1) is 29.3. The molecule has 3 N–H and O–H groups in total. The third-order valence-electron chi connectivity index (χ3n) is 5.24. The Hall–Kier alpha value is -4.66. The monoisotopic (exact) mass is 595 g/mol. The smallest absolute Gasteiger partial charge is 0.300 e. The van der Waals surface area contributed by atoms with Crippen molar-refractivity contribution >= 4 is 27.6 Å². The average molecular weight is 596 g/mol. The SMILES string of the molecule is CC.COc1ccccc1Oc1c(Cl)nc(-c2ccnc(-c3nn[nH]n3)c2)nc1NS(=O)(=O)NCc1ccccc1. The van der Waals surface area contributed by atoms with Crippen LogP contribution in [-0.2, 0) is 16.8 Å². The molecule has 0 fully saturated rings. The van der Waals surface area contributed by atoms with Crippen LogP contribution in [0.4, 0.5) is 5.82 Å². The number of rotatable bonds is 10. The molecule has 15 heteroatoms. The molecule has 0 aliphatic heterocycles. The van der Waals surface area contributed by atoms with Crippen LogP contribution in [0.25, 0.3) is 22.9 Å². The van der Waals surface area contributed by atoms with Crippen molar-refractivity contribution in [1.29, 1.82) is 0 Å². The van der Waals surface area contributed by atoms with E-state index in [0.29, 0.717) is 17.0 Å². The van der Waals surface area contributed by atoms with Gasteiger partial charge in [0.1, 0.15) is 5.69 Å². The summed E-state index contributed by atoms with van der Waals surface area (Å²) in [6.07, 6.45) is 1.50. The number of tetrazole rings is 1. The molecule has 2 aromatic carbocycles. The second-order valence-corrected chi connectivity index (χ2v) is 9.70. The molecule has 0 bridgehead atoms. The molecule has 212 valence electrons. The molecular weight excluding hydrogens is 570 g/mol. The summed E-state index contributed by atoms with van der Waals surface area (Å²) in [6.45, 7) is 4.04. The van der Waals surface area contributed by atoms with Crippen molar-refractivity contribution in [3.8, 4) is 40.2 Å². The third kappa shape index (κ3) is 7.51. The van der Waals surface area contributed by atoms with Crippen LogP contribution in [0.15, 0.2) is 72.9 Å². The maximum Gasteiger partial charge on any atom is 0.300 e. The van der Waals surface area contributed by atoms with Crippen LogP contribution >= 0.6 is 11.6 Å². The summed E-state index contributed by atoms with van der Waals surface area (Å²) in [7, 11) is -2.65. The van der Waals surface area contributed by atoms with E-state index in [4.69, 9.17) is 21.1 Å². The summed E-state index contributed by atoms with van der Waals surface area (Å²) >= 11 is 6.54. The van der Waals surface area contributed by atoms with Crippen LogP contribution in [0.3, 0.4) is 0 Å². The molecule has 0 aliphatic rings. The Morgan fingerprint density at radius 2 is 1.68 bits per heavy atom. The number of ether oxygens (including phenoxy) is 2. The normalized spacial score (nSPS) is 10.8. The fraction of sp³-hybridized carbons (Fsp3) is 0.154. The summed E-state index contributed by atoms with van der Waals surface area (Å²) in [4.78, 5) is 13.0.